The van der Waals surface area contributed by atoms with E-state index in [1.165, 1.54) is 0 Å². The standard InChI is InChI=1S/C12H22N2O6/c13-9(12(19)20)3-1-2-4-14-6-11(18)10(17)5-8(16)7-15/h7,9-11,14,17-18H,1-6,13H2,(H,19,20)/t9-,10+,11+/m0/s1/i6+1. The van der Waals surface area contributed by atoms with Crippen LogP contribution in [0.5, 0.6) is 0 Å². The highest BCUT2D eigenvalue weighted by Crippen LogP contribution is 2.00. The summed E-state index contributed by atoms with van der Waals surface area (Å²) in [5, 5.41) is 30.3. The normalized spacial score (nSPS) is 15.3. The Morgan fingerprint density at radius 3 is 2.40 bits per heavy atom. The predicted octanol–water partition coefficient (Wildman–Crippen LogP) is -1.96. The van der Waals surface area contributed by atoms with Crippen LogP contribution in [0.2, 0.25) is 0 Å². The highest BCUT2D eigenvalue weighted by Gasteiger charge is 2.18. The minimum Gasteiger partial charge on any atom is -0.480 e. The maximum absolute atomic E-state index is 10.7. The Kier molecular flexibility index (Phi) is 9.73. The summed E-state index contributed by atoms with van der Waals surface area (Å²) in [6, 6.07) is -0.864. The van der Waals surface area contributed by atoms with Crippen LogP contribution in [0.3, 0.4) is 0 Å². The number of carbonyl (C=O) groups excluding carboxylic acids is 2. The van der Waals surface area contributed by atoms with E-state index in [4.69, 9.17) is 10.8 Å². The average Bonchev–Trinajstić information content (AvgIpc) is 2.41. The molecule has 0 rings (SSSR count). The number of hydrogen-bond acceptors (Lipinski definition) is 7. The molecule has 0 fully saturated rings. The van der Waals surface area contributed by atoms with Crippen molar-refractivity contribution < 1.29 is 29.7 Å². The lowest BCUT2D eigenvalue weighted by molar-refractivity contribution is -0.138. The number of aldehydes is 1. The van der Waals surface area contributed by atoms with Gasteiger partial charge in [0.1, 0.15) is 6.04 Å². The lowest BCUT2D eigenvalue weighted by Gasteiger charge is -2.17. The molecule has 0 aromatic rings. The number of ketones is 1. The molecule has 20 heavy (non-hydrogen) atoms. The molecular formula is C12H22N2O6. The molecule has 0 saturated heterocycles. The van der Waals surface area contributed by atoms with Gasteiger partial charge in [-0.25, -0.2) is 0 Å². The molecular weight excluding hydrogens is 269 g/mol. The highest BCUT2D eigenvalue weighted by atomic mass is 16.4. The molecule has 0 aromatic heterocycles. The molecule has 0 aliphatic carbocycles. The van der Waals surface area contributed by atoms with E-state index in [1.54, 1.807) is 0 Å². The van der Waals surface area contributed by atoms with Gasteiger partial charge in [0.25, 0.3) is 0 Å². The smallest absolute Gasteiger partial charge is 0.320 e. The minimum absolute atomic E-state index is 0.0816. The van der Waals surface area contributed by atoms with Gasteiger partial charge in [-0.1, -0.05) is 6.42 Å². The van der Waals surface area contributed by atoms with Crippen LogP contribution in [0.4, 0.5) is 0 Å². The van der Waals surface area contributed by atoms with Gasteiger partial charge >= 0.3 is 5.97 Å². The summed E-state index contributed by atoms with van der Waals surface area (Å²) >= 11 is 0. The summed E-state index contributed by atoms with van der Waals surface area (Å²) in [5.41, 5.74) is 5.33. The van der Waals surface area contributed by atoms with Crippen LogP contribution in [-0.4, -0.2) is 64.7 Å². The minimum atomic E-state index is -1.28. The third kappa shape index (κ3) is 8.70. The Morgan fingerprint density at radius 1 is 1.20 bits per heavy atom. The van der Waals surface area contributed by atoms with Gasteiger partial charge in [0.05, 0.1) is 12.2 Å². The molecule has 0 bridgehead atoms. The number of carboxylic acid groups (broad SMARTS) is 1. The Morgan fingerprint density at radius 2 is 1.85 bits per heavy atom. The number of nitrogens with two attached hydrogens (primary N) is 1. The molecule has 8 heteroatoms. The molecule has 0 unspecified atom stereocenters. The number of Topliss-reactive ketones (excluding diaryl/α,β-unsaturated/α-hetero) is 1. The van der Waals surface area contributed by atoms with Crippen LogP contribution in [0.25, 0.3) is 0 Å². The van der Waals surface area contributed by atoms with Gasteiger partial charge < -0.3 is 26.4 Å². The number of aliphatic carboxylic acids is 1. The second kappa shape index (κ2) is 10.4. The highest BCUT2D eigenvalue weighted by molar-refractivity contribution is 6.25. The lowest BCUT2D eigenvalue weighted by Crippen LogP contribution is -2.38. The van der Waals surface area contributed by atoms with Gasteiger partial charge in [-0.2, -0.15) is 0 Å². The van der Waals surface area contributed by atoms with Crippen molar-refractivity contribution in [3.8, 4) is 0 Å². The van der Waals surface area contributed by atoms with Crippen LogP contribution in [-0.2, 0) is 14.4 Å². The Labute approximate surface area is 117 Å². The Hall–Kier alpha value is -1.35. The molecule has 3 atom stereocenters. The third-order valence-electron chi connectivity index (χ3n) is 2.78. The first-order valence-corrected chi connectivity index (χ1v) is 6.41. The number of rotatable bonds is 12. The number of aliphatic hydroxyl groups excluding tert-OH is 2. The maximum atomic E-state index is 10.7. The van der Waals surface area contributed by atoms with Gasteiger partial charge in [-0.05, 0) is 19.4 Å². The predicted molar refractivity (Wildman–Crippen MR) is 70.0 cm³/mol. The van der Waals surface area contributed by atoms with Crippen LogP contribution in [0.15, 0.2) is 0 Å². The molecule has 0 aromatic carbocycles. The SMILES string of the molecule is N[C@@H](CCCCN[13CH2][C@@H](O)[C@H](O)CC(=O)C=O)C(=O)O. The molecule has 0 spiro atoms. The summed E-state index contributed by atoms with van der Waals surface area (Å²) in [4.78, 5) is 31.3. The summed E-state index contributed by atoms with van der Waals surface area (Å²) in [7, 11) is 0. The zero-order valence-corrected chi connectivity index (χ0v) is 11.2. The second-order valence-corrected chi connectivity index (χ2v) is 4.57. The van der Waals surface area contributed by atoms with E-state index in [1.807, 2.05) is 0 Å². The lowest BCUT2D eigenvalue weighted by atomic mass is 10.1. The first kappa shape index (κ1) is 18.7. The molecule has 6 N–H and O–H groups in total. The fourth-order valence-electron chi connectivity index (χ4n) is 1.51. The topological polar surface area (TPSA) is 150 Å². The third-order valence-corrected chi connectivity index (χ3v) is 2.78. The van der Waals surface area contributed by atoms with E-state index < -0.39 is 36.4 Å². The number of carboxylic acids is 1. The van der Waals surface area contributed by atoms with Gasteiger partial charge in [-0.15, -0.1) is 0 Å². The van der Waals surface area contributed by atoms with Crippen molar-refractivity contribution in [2.45, 2.75) is 43.9 Å². The van der Waals surface area contributed by atoms with Gasteiger partial charge in [0.15, 0.2) is 12.1 Å². The molecule has 0 saturated carbocycles. The number of hydrogen-bond donors (Lipinski definition) is 5. The first-order chi connectivity index (χ1) is 9.38. The van der Waals surface area contributed by atoms with Crippen molar-refractivity contribution in [1.29, 1.82) is 0 Å². The van der Waals surface area contributed by atoms with Crippen molar-refractivity contribution >= 4 is 18.0 Å². The first-order valence-electron chi connectivity index (χ1n) is 6.41. The van der Waals surface area contributed by atoms with Crippen molar-refractivity contribution in [2.75, 3.05) is 13.1 Å². The van der Waals surface area contributed by atoms with E-state index in [9.17, 15) is 24.6 Å². The van der Waals surface area contributed by atoms with Crippen molar-refractivity contribution in [3.05, 3.63) is 0 Å². The summed E-state index contributed by atoms with van der Waals surface area (Å²) in [6.45, 7) is 0.607. The van der Waals surface area contributed by atoms with Crippen LogP contribution >= 0.6 is 0 Å². The summed E-state index contributed by atoms with van der Waals surface area (Å²) in [5.74, 6) is -1.80. The second-order valence-electron chi connectivity index (χ2n) is 4.57. The molecule has 0 aliphatic rings. The zero-order valence-electron chi connectivity index (χ0n) is 11.2. The molecule has 0 aliphatic heterocycles. The van der Waals surface area contributed by atoms with Gasteiger partial charge in [0.2, 0.25) is 0 Å². The van der Waals surface area contributed by atoms with E-state index in [0.29, 0.717) is 25.8 Å². The maximum Gasteiger partial charge on any atom is 0.320 e. The number of unbranched alkanes of at least 4 members (excludes halogenated alkanes) is 1. The Balaban J connectivity index is 3.61. The number of nitrogens with one attached hydrogen (secondary N) is 1. The van der Waals surface area contributed by atoms with Gasteiger partial charge in [-0.3, -0.25) is 14.4 Å². The quantitative estimate of drug-likeness (QED) is 0.120. The summed E-state index contributed by atoms with van der Waals surface area (Å²) < 4.78 is 0. The zero-order chi connectivity index (χ0) is 15.5. The van der Waals surface area contributed by atoms with Crippen LogP contribution in [0, 0.1) is 0 Å². The molecule has 8 nitrogen and oxygen atoms in total. The summed E-state index contributed by atoms with van der Waals surface area (Å²) in [6.07, 6.45) is -1.04. The van der Waals surface area contributed by atoms with E-state index in [-0.39, 0.29) is 12.8 Å². The van der Waals surface area contributed by atoms with E-state index >= 15 is 0 Å². The van der Waals surface area contributed by atoms with E-state index in [0.717, 1.165) is 0 Å². The fourth-order valence-corrected chi connectivity index (χ4v) is 1.51. The van der Waals surface area contributed by atoms with Crippen LogP contribution in [0.1, 0.15) is 25.7 Å². The largest absolute Gasteiger partial charge is 0.480 e. The monoisotopic (exact) mass is 291 g/mol. The van der Waals surface area contributed by atoms with E-state index in [2.05, 4.69) is 5.32 Å². The number of aliphatic hydroxyl groups is 2. The van der Waals surface area contributed by atoms with Gasteiger partial charge in [0, 0.05) is 13.0 Å². The molecule has 0 heterocycles. The fraction of sp³-hybridized carbons (Fsp3) is 0.750. The Bertz CT molecular complexity index is 323. The molecule has 116 valence electrons. The van der Waals surface area contributed by atoms with Crippen molar-refractivity contribution in [3.63, 3.8) is 0 Å². The van der Waals surface area contributed by atoms with Crippen molar-refractivity contribution in [1.82, 2.24) is 5.32 Å². The average molecular weight is 291 g/mol. The van der Waals surface area contributed by atoms with Crippen LogP contribution < -0.4 is 11.1 Å². The molecule has 0 radical (unpaired) electrons. The number of carbonyl (C=O) groups is 3. The van der Waals surface area contributed by atoms with Crippen molar-refractivity contribution in [2.24, 2.45) is 5.73 Å². The molecule has 0 amide bonds.